The number of hydrogen-bond donors (Lipinski definition) is 1. The summed E-state index contributed by atoms with van der Waals surface area (Å²) < 4.78 is 10.4. The van der Waals surface area contributed by atoms with Crippen LogP contribution in [0.2, 0.25) is 0 Å². The highest BCUT2D eigenvalue weighted by molar-refractivity contribution is 5.73. The van der Waals surface area contributed by atoms with Crippen molar-refractivity contribution in [3.05, 3.63) is 23.7 Å². The number of ether oxygens (including phenoxy) is 2. The summed E-state index contributed by atoms with van der Waals surface area (Å²) in [6.45, 7) is 0. The molecule has 1 N–H and O–H groups in total. The third-order valence-corrected chi connectivity index (χ3v) is 2.57. The van der Waals surface area contributed by atoms with Gasteiger partial charge in [0.1, 0.15) is 5.76 Å². The largest absolute Gasteiger partial charge is 0.493 e. The number of allylic oxidation sites excluding steroid dienone is 3. The van der Waals surface area contributed by atoms with E-state index in [0.29, 0.717) is 17.9 Å². The second kappa shape index (κ2) is 3.36. The molecule has 2 atom stereocenters. The second-order valence-electron chi connectivity index (χ2n) is 3.45. The summed E-state index contributed by atoms with van der Waals surface area (Å²) in [5, 5.41) is 8.81. The normalized spacial score (nSPS) is 29.8. The molecule has 0 spiro atoms. The average molecular weight is 196 g/mol. The van der Waals surface area contributed by atoms with Crippen LogP contribution < -0.4 is 0 Å². The van der Waals surface area contributed by atoms with Gasteiger partial charge in [0.2, 0.25) is 0 Å². The van der Waals surface area contributed by atoms with Crippen molar-refractivity contribution in [3.63, 3.8) is 0 Å². The molecule has 2 aliphatic rings. The van der Waals surface area contributed by atoms with E-state index in [1.54, 1.807) is 7.11 Å². The lowest BCUT2D eigenvalue weighted by Gasteiger charge is -2.15. The van der Waals surface area contributed by atoms with E-state index in [4.69, 9.17) is 14.6 Å². The molecule has 1 fully saturated rings. The van der Waals surface area contributed by atoms with Gasteiger partial charge in [-0.15, -0.1) is 0 Å². The topological polar surface area (TPSA) is 55.8 Å². The van der Waals surface area contributed by atoms with Gasteiger partial charge in [-0.1, -0.05) is 6.08 Å². The Morgan fingerprint density at radius 1 is 1.71 bits per heavy atom. The number of carbonyl (C=O) groups is 1. The van der Waals surface area contributed by atoms with Crippen molar-refractivity contribution in [1.29, 1.82) is 0 Å². The van der Waals surface area contributed by atoms with Crippen molar-refractivity contribution in [2.45, 2.75) is 18.9 Å². The maximum absolute atomic E-state index is 10.7. The van der Waals surface area contributed by atoms with Crippen LogP contribution in [-0.2, 0) is 14.3 Å². The molecule has 0 aromatic rings. The molecule has 1 heterocycles. The molecule has 0 amide bonds. The Balaban J connectivity index is 2.22. The predicted octanol–water partition coefficient (Wildman–Crippen LogP) is 1.29. The van der Waals surface area contributed by atoms with Crippen LogP contribution >= 0.6 is 0 Å². The van der Waals surface area contributed by atoms with Gasteiger partial charge in [0.05, 0.1) is 7.11 Å². The molecule has 0 aromatic carbocycles. The monoisotopic (exact) mass is 196 g/mol. The molecule has 4 nitrogen and oxygen atoms in total. The molecule has 2 unspecified atom stereocenters. The number of methoxy groups -OCH3 is 1. The fourth-order valence-electron chi connectivity index (χ4n) is 1.87. The van der Waals surface area contributed by atoms with E-state index >= 15 is 0 Å². The van der Waals surface area contributed by atoms with E-state index < -0.39 is 12.1 Å². The third-order valence-electron chi connectivity index (χ3n) is 2.57. The molecular formula is C10H12O4. The fraction of sp³-hybridized carbons (Fsp3) is 0.500. The van der Waals surface area contributed by atoms with Gasteiger partial charge in [0, 0.05) is 12.3 Å². The average Bonchev–Trinajstić information content (AvgIpc) is 2.60. The molecule has 0 radical (unpaired) electrons. The zero-order valence-electron chi connectivity index (χ0n) is 7.90. The second-order valence-corrected chi connectivity index (χ2v) is 3.45. The summed E-state index contributed by atoms with van der Waals surface area (Å²) in [5.74, 6) is 0.630. The van der Waals surface area contributed by atoms with Gasteiger partial charge >= 0.3 is 5.97 Å². The third kappa shape index (κ3) is 1.36. The lowest BCUT2D eigenvalue weighted by atomic mass is 9.95. The van der Waals surface area contributed by atoms with Gasteiger partial charge in [0.25, 0.3) is 0 Å². The molecule has 4 heteroatoms. The lowest BCUT2D eigenvalue weighted by Crippen LogP contribution is -2.17. The van der Waals surface area contributed by atoms with Gasteiger partial charge in [-0.3, -0.25) is 0 Å². The summed E-state index contributed by atoms with van der Waals surface area (Å²) >= 11 is 0. The summed E-state index contributed by atoms with van der Waals surface area (Å²) in [4.78, 5) is 10.7. The maximum atomic E-state index is 10.7. The van der Waals surface area contributed by atoms with E-state index in [1.165, 1.54) is 0 Å². The van der Waals surface area contributed by atoms with Crippen molar-refractivity contribution in [2.24, 2.45) is 5.92 Å². The van der Waals surface area contributed by atoms with Gasteiger partial charge in [-0.25, -0.2) is 4.79 Å². The van der Waals surface area contributed by atoms with Gasteiger partial charge in [0.15, 0.2) is 11.9 Å². The molecule has 76 valence electrons. The van der Waals surface area contributed by atoms with E-state index in [9.17, 15) is 4.79 Å². The summed E-state index contributed by atoms with van der Waals surface area (Å²) in [7, 11) is 1.56. The van der Waals surface area contributed by atoms with Crippen LogP contribution in [0, 0.1) is 5.92 Å². The number of aliphatic carboxylic acids is 1. The molecule has 1 aliphatic carbocycles. The minimum Gasteiger partial charge on any atom is -0.493 e. The van der Waals surface area contributed by atoms with Crippen molar-refractivity contribution >= 4 is 5.97 Å². The predicted molar refractivity (Wildman–Crippen MR) is 48.4 cm³/mol. The zero-order valence-corrected chi connectivity index (χ0v) is 7.90. The molecule has 14 heavy (non-hydrogen) atoms. The molecular weight excluding hydrogens is 184 g/mol. The van der Waals surface area contributed by atoms with Crippen molar-refractivity contribution < 1.29 is 19.4 Å². The number of carboxylic acids is 1. The van der Waals surface area contributed by atoms with E-state index in [1.807, 2.05) is 12.2 Å². The molecule has 2 rings (SSSR count). The smallest absolute Gasteiger partial charge is 0.344 e. The first-order valence-corrected chi connectivity index (χ1v) is 4.56. The number of rotatable bonds is 2. The zero-order chi connectivity index (χ0) is 10.1. The Morgan fingerprint density at radius 3 is 3.14 bits per heavy atom. The van der Waals surface area contributed by atoms with E-state index in [0.717, 1.165) is 6.42 Å². The van der Waals surface area contributed by atoms with Gasteiger partial charge < -0.3 is 14.6 Å². The molecule has 0 bridgehead atoms. The maximum Gasteiger partial charge on any atom is 0.344 e. The fourth-order valence-corrected chi connectivity index (χ4v) is 1.87. The Labute approximate surface area is 81.8 Å². The first-order valence-electron chi connectivity index (χ1n) is 4.56. The quantitative estimate of drug-likeness (QED) is 0.723. The minimum absolute atomic E-state index is 0.177. The van der Waals surface area contributed by atoms with Crippen molar-refractivity contribution in [2.75, 3.05) is 7.11 Å². The van der Waals surface area contributed by atoms with Crippen molar-refractivity contribution in [3.8, 4) is 0 Å². The molecule has 1 saturated heterocycles. The first-order chi connectivity index (χ1) is 6.72. The Bertz CT molecular complexity index is 316. The minimum atomic E-state index is -0.901. The van der Waals surface area contributed by atoms with Crippen LogP contribution in [0.1, 0.15) is 12.8 Å². The van der Waals surface area contributed by atoms with Crippen LogP contribution in [0.15, 0.2) is 23.7 Å². The first kappa shape index (κ1) is 9.12. The highest BCUT2D eigenvalue weighted by atomic mass is 16.5. The Hall–Kier alpha value is -1.45. The van der Waals surface area contributed by atoms with Crippen LogP contribution in [0.4, 0.5) is 0 Å². The number of hydrogen-bond acceptors (Lipinski definition) is 3. The molecule has 0 aromatic heterocycles. The molecule has 0 saturated carbocycles. The standard InChI is InChI=1S/C10H12O4/c1-13-7-4-2-3-6-5-8(10(11)12)14-9(6)7/h2,4,6,8H,3,5H2,1H3,(H,11,12). The van der Waals surface area contributed by atoms with E-state index in [-0.39, 0.29) is 5.92 Å². The summed E-state index contributed by atoms with van der Waals surface area (Å²) in [6.07, 6.45) is 4.49. The van der Waals surface area contributed by atoms with Gasteiger partial charge in [-0.2, -0.15) is 0 Å². The SMILES string of the molecule is COC1=C2OC(C(=O)O)CC2CC=C1. The lowest BCUT2D eigenvalue weighted by molar-refractivity contribution is -0.146. The summed E-state index contributed by atoms with van der Waals surface area (Å²) in [5.41, 5.74) is 0. The van der Waals surface area contributed by atoms with Crippen LogP contribution in [-0.4, -0.2) is 24.3 Å². The highest BCUT2D eigenvalue weighted by Gasteiger charge is 2.38. The van der Waals surface area contributed by atoms with Crippen LogP contribution in [0.5, 0.6) is 0 Å². The highest BCUT2D eigenvalue weighted by Crippen LogP contribution is 2.37. The van der Waals surface area contributed by atoms with Crippen molar-refractivity contribution in [1.82, 2.24) is 0 Å². The van der Waals surface area contributed by atoms with Crippen LogP contribution in [0.3, 0.4) is 0 Å². The number of fused-ring (bicyclic) bond motifs is 1. The van der Waals surface area contributed by atoms with Crippen LogP contribution in [0.25, 0.3) is 0 Å². The Morgan fingerprint density at radius 2 is 2.50 bits per heavy atom. The van der Waals surface area contributed by atoms with Gasteiger partial charge in [-0.05, 0) is 12.5 Å². The molecule has 1 aliphatic heterocycles. The number of carboxylic acid groups (broad SMARTS) is 1. The summed E-state index contributed by atoms with van der Waals surface area (Å²) in [6, 6.07) is 0. The van der Waals surface area contributed by atoms with E-state index in [2.05, 4.69) is 0 Å². The Kier molecular flexibility index (Phi) is 2.19.